The molecule has 1 amide bonds. The fourth-order valence-corrected chi connectivity index (χ4v) is 4.78. The van der Waals surface area contributed by atoms with Crippen molar-refractivity contribution in [2.75, 3.05) is 10.6 Å². The number of sulfonamides is 1. The van der Waals surface area contributed by atoms with E-state index in [9.17, 15) is 13.2 Å². The van der Waals surface area contributed by atoms with Crippen LogP contribution in [0.5, 0.6) is 0 Å². The Bertz CT molecular complexity index is 1270. The third-order valence-corrected chi connectivity index (χ3v) is 6.29. The van der Waals surface area contributed by atoms with Crippen LogP contribution in [0.1, 0.15) is 32.6 Å². The van der Waals surface area contributed by atoms with E-state index in [1.165, 1.54) is 6.07 Å². The van der Waals surface area contributed by atoms with Crippen LogP contribution in [0.2, 0.25) is 0 Å². The molecule has 6 nitrogen and oxygen atoms in total. The van der Waals surface area contributed by atoms with Gasteiger partial charge in [-0.3, -0.25) is 4.79 Å². The Morgan fingerprint density at radius 3 is 2.20 bits per heavy atom. The summed E-state index contributed by atoms with van der Waals surface area (Å²) >= 11 is 0. The van der Waals surface area contributed by atoms with E-state index in [1.807, 2.05) is 32.9 Å². The molecule has 0 atom stereocenters. The summed E-state index contributed by atoms with van der Waals surface area (Å²) in [4.78, 5) is 12.9. The molecule has 0 spiro atoms. The van der Waals surface area contributed by atoms with E-state index in [-0.39, 0.29) is 16.6 Å². The lowest BCUT2D eigenvalue weighted by molar-refractivity contribution is 0.102. The van der Waals surface area contributed by atoms with Crippen LogP contribution in [0.3, 0.4) is 0 Å². The zero-order chi connectivity index (χ0) is 21.5. The van der Waals surface area contributed by atoms with Gasteiger partial charge in [-0.1, -0.05) is 29.8 Å². The number of carbonyl (C=O) groups is 1. The normalized spacial score (nSPS) is 14.0. The second-order valence-corrected chi connectivity index (χ2v) is 8.91. The van der Waals surface area contributed by atoms with E-state index in [0.29, 0.717) is 16.8 Å². The molecule has 7 heteroatoms. The maximum Gasteiger partial charge on any atom is 0.285 e. The van der Waals surface area contributed by atoms with Crippen molar-refractivity contribution in [2.45, 2.75) is 25.7 Å². The number of hydrogen-bond donors (Lipinski definition) is 2. The number of aryl methyl sites for hydroxylation is 3. The van der Waals surface area contributed by atoms with E-state index in [1.54, 1.807) is 42.5 Å². The number of carbonyl (C=O) groups excluding carboxylic acids is 1. The Morgan fingerprint density at radius 1 is 0.900 bits per heavy atom. The average molecular weight is 420 g/mol. The standard InChI is InChI=1S/C23H21N3O3S/c1-14-12-15(2)21(16(3)13-14)25-23(27)17-8-10-18(11-9-17)24-22-19-6-4-5-7-20(19)30(28,29)26-22/h4-13H,1-3H3,(H,24,26)(H,25,27). The SMILES string of the molecule is Cc1cc(C)c(NC(=O)c2ccc(NC3=NS(=O)(=O)c4ccccc43)cc2)c(C)c1. The smallest absolute Gasteiger partial charge is 0.285 e. The summed E-state index contributed by atoms with van der Waals surface area (Å²) in [5.41, 5.74) is 5.66. The van der Waals surface area contributed by atoms with E-state index in [4.69, 9.17) is 0 Å². The van der Waals surface area contributed by atoms with Gasteiger partial charge in [0.25, 0.3) is 15.9 Å². The first-order valence-electron chi connectivity index (χ1n) is 9.45. The molecule has 1 heterocycles. The second-order valence-electron chi connectivity index (χ2n) is 7.34. The molecule has 30 heavy (non-hydrogen) atoms. The summed E-state index contributed by atoms with van der Waals surface area (Å²) in [5, 5.41) is 6.01. The van der Waals surface area contributed by atoms with Gasteiger partial charge < -0.3 is 10.6 Å². The Labute approximate surface area is 175 Å². The van der Waals surface area contributed by atoms with Crippen molar-refractivity contribution in [3.8, 4) is 0 Å². The molecule has 0 aliphatic carbocycles. The Balaban J connectivity index is 1.52. The Morgan fingerprint density at radius 2 is 1.53 bits per heavy atom. The number of nitrogens with zero attached hydrogens (tertiary/aromatic N) is 1. The van der Waals surface area contributed by atoms with E-state index < -0.39 is 10.0 Å². The molecule has 4 rings (SSSR count). The molecule has 2 N–H and O–H groups in total. The number of benzene rings is 3. The third kappa shape index (κ3) is 3.71. The van der Waals surface area contributed by atoms with Gasteiger partial charge in [0.1, 0.15) is 4.90 Å². The molecule has 0 fully saturated rings. The van der Waals surface area contributed by atoms with Gasteiger partial charge in [0, 0.05) is 22.5 Å². The number of rotatable bonds is 3. The predicted octanol–water partition coefficient (Wildman–Crippen LogP) is 4.43. The van der Waals surface area contributed by atoms with E-state index in [0.717, 1.165) is 22.4 Å². The first kappa shape index (κ1) is 19.8. The van der Waals surface area contributed by atoms with Crippen molar-refractivity contribution >= 4 is 33.1 Å². The first-order valence-corrected chi connectivity index (χ1v) is 10.9. The summed E-state index contributed by atoms with van der Waals surface area (Å²) in [6.45, 7) is 5.96. The average Bonchev–Trinajstić information content (AvgIpc) is 2.95. The minimum Gasteiger partial charge on any atom is -0.339 e. The molecule has 3 aromatic rings. The van der Waals surface area contributed by atoms with E-state index in [2.05, 4.69) is 15.0 Å². The lowest BCUT2D eigenvalue weighted by Gasteiger charge is -2.13. The van der Waals surface area contributed by atoms with Gasteiger partial charge in [-0.25, -0.2) is 0 Å². The quantitative estimate of drug-likeness (QED) is 0.658. The van der Waals surface area contributed by atoms with Gasteiger partial charge in [-0.05, 0) is 68.3 Å². The molecule has 1 aliphatic rings. The maximum atomic E-state index is 12.7. The van der Waals surface area contributed by atoms with Gasteiger partial charge in [0.05, 0.1) is 0 Å². The van der Waals surface area contributed by atoms with Crippen molar-refractivity contribution in [3.63, 3.8) is 0 Å². The van der Waals surface area contributed by atoms with Gasteiger partial charge in [0.15, 0.2) is 5.84 Å². The summed E-state index contributed by atoms with van der Waals surface area (Å²) in [5.74, 6) is 0.0661. The molecule has 0 radical (unpaired) electrons. The number of amidine groups is 1. The molecule has 3 aromatic carbocycles. The first-order chi connectivity index (χ1) is 14.2. The van der Waals surface area contributed by atoms with Gasteiger partial charge in [0.2, 0.25) is 0 Å². The number of anilines is 2. The van der Waals surface area contributed by atoms with Crippen molar-refractivity contribution in [2.24, 2.45) is 4.40 Å². The van der Waals surface area contributed by atoms with Gasteiger partial charge in [-0.15, -0.1) is 4.40 Å². The molecule has 0 saturated heterocycles. The van der Waals surface area contributed by atoms with Crippen LogP contribution < -0.4 is 10.6 Å². The summed E-state index contributed by atoms with van der Waals surface area (Å²) in [6.07, 6.45) is 0. The Kier molecular flexibility index (Phi) is 4.91. The number of fused-ring (bicyclic) bond motifs is 1. The molecule has 152 valence electrons. The zero-order valence-corrected chi connectivity index (χ0v) is 17.7. The summed E-state index contributed by atoms with van der Waals surface area (Å²) in [7, 11) is -3.68. The molecule has 0 aromatic heterocycles. The van der Waals surface area contributed by atoms with Crippen LogP contribution in [0, 0.1) is 20.8 Å². The van der Waals surface area contributed by atoms with Crippen molar-refractivity contribution < 1.29 is 13.2 Å². The highest BCUT2D eigenvalue weighted by Crippen LogP contribution is 2.27. The predicted molar refractivity (Wildman–Crippen MR) is 119 cm³/mol. The van der Waals surface area contributed by atoms with Gasteiger partial charge >= 0.3 is 0 Å². The van der Waals surface area contributed by atoms with Crippen LogP contribution in [0.15, 0.2) is 70.0 Å². The molecular weight excluding hydrogens is 398 g/mol. The van der Waals surface area contributed by atoms with Crippen LogP contribution in [-0.2, 0) is 10.0 Å². The van der Waals surface area contributed by atoms with E-state index >= 15 is 0 Å². The zero-order valence-electron chi connectivity index (χ0n) is 16.9. The minimum atomic E-state index is -3.68. The maximum absolute atomic E-state index is 12.7. The molecule has 0 saturated carbocycles. The van der Waals surface area contributed by atoms with Crippen molar-refractivity contribution in [3.05, 3.63) is 88.5 Å². The highest BCUT2D eigenvalue weighted by molar-refractivity contribution is 7.90. The van der Waals surface area contributed by atoms with Gasteiger partial charge in [-0.2, -0.15) is 8.42 Å². The van der Waals surface area contributed by atoms with Crippen LogP contribution in [-0.4, -0.2) is 20.2 Å². The van der Waals surface area contributed by atoms with Crippen LogP contribution >= 0.6 is 0 Å². The van der Waals surface area contributed by atoms with Crippen LogP contribution in [0.25, 0.3) is 0 Å². The third-order valence-electron chi connectivity index (χ3n) is 4.96. The van der Waals surface area contributed by atoms with Crippen LogP contribution in [0.4, 0.5) is 11.4 Å². The Hall–Kier alpha value is -3.45. The molecular formula is C23H21N3O3S. The summed E-state index contributed by atoms with van der Waals surface area (Å²) in [6, 6.07) is 17.6. The second kappa shape index (κ2) is 7.42. The molecule has 1 aliphatic heterocycles. The fraction of sp³-hybridized carbons (Fsp3) is 0.130. The summed E-state index contributed by atoms with van der Waals surface area (Å²) < 4.78 is 28.2. The molecule has 0 bridgehead atoms. The lowest BCUT2D eigenvalue weighted by Crippen LogP contribution is -2.15. The largest absolute Gasteiger partial charge is 0.339 e. The molecule has 0 unspecified atom stereocenters. The highest BCUT2D eigenvalue weighted by atomic mass is 32.2. The number of amides is 1. The van der Waals surface area contributed by atoms with Crippen molar-refractivity contribution in [1.29, 1.82) is 0 Å². The lowest BCUT2D eigenvalue weighted by atomic mass is 10.0. The topological polar surface area (TPSA) is 87.6 Å². The highest BCUT2D eigenvalue weighted by Gasteiger charge is 2.28. The monoisotopic (exact) mass is 419 g/mol. The van der Waals surface area contributed by atoms with Crippen molar-refractivity contribution in [1.82, 2.24) is 0 Å². The minimum absolute atomic E-state index is 0.187. The fourth-order valence-electron chi connectivity index (χ4n) is 3.60. The number of hydrogen-bond acceptors (Lipinski definition) is 4. The number of nitrogens with one attached hydrogen (secondary N) is 2.